The van der Waals surface area contributed by atoms with Crippen LogP contribution in [0.1, 0.15) is 23.0 Å². The summed E-state index contributed by atoms with van der Waals surface area (Å²) < 4.78 is 18.2. The molecule has 28 heavy (non-hydrogen) atoms. The first-order valence-corrected chi connectivity index (χ1v) is 10.5. The van der Waals surface area contributed by atoms with E-state index in [-0.39, 0.29) is 6.61 Å². The first-order valence-electron chi connectivity index (χ1n) is 8.96. The largest absolute Gasteiger partial charge is 0.494 e. The zero-order valence-electron chi connectivity index (χ0n) is 15.8. The van der Waals surface area contributed by atoms with Crippen molar-refractivity contribution in [2.24, 2.45) is 0 Å². The second kappa shape index (κ2) is 9.27. The molecule has 0 atom stereocenters. The van der Waals surface area contributed by atoms with Crippen LogP contribution >= 0.6 is 31.9 Å². The van der Waals surface area contributed by atoms with Gasteiger partial charge >= 0.3 is 5.97 Å². The number of furan rings is 1. The maximum absolute atomic E-state index is 12.7. The summed E-state index contributed by atoms with van der Waals surface area (Å²) in [6.45, 7) is 6.22. The van der Waals surface area contributed by atoms with Crippen molar-refractivity contribution >= 4 is 48.8 Å². The molecule has 1 saturated heterocycles. The Labute approximate surface area is 180 Å². The molecule has 0 N–H and O–H groups in total. The van der Waals surface area contributed by atoms with Crippen LogP contribution in [0, 0.1) is 11.3 Å². The van der Waals surface area contributed by atoms with Gasteiger partial charge in [-0.1, -0.05) is 0 Å². The molecule has 0 bridgehead atoms. The lowest BCUT2D eigenvalue weighted by molar-refractivity contribution is 0.0522. The zero-order valence-corrected chi connectivity index (χ0v) is 18.9. The molecule has 1 aromatic carbocycles. The Balaban J connectivity index is 1.97. The third kappa shape index (κ3) is 4.20. The standard InChI is InChI=1S/C19H21Br2N3O4/c1-3-27-19(25)16-14(11-24-8-6-23(5-4-22)7-9-24)28-13-10-12(20)18(26-2)17(21)15(13)16/h10H,3,5-9,11H2,1-2H3. The number of rotatable bonds is 6. The Morgan fingerprint density at radius 1 is 1.29 bits per heavy atom. The minimum atomic E-state index is -0.413. The van der Waals surface area contributed by atoms with E-state index >= 15 is 0 Å². The molecule has 0 amide bonds. The van der Waals surface area contributed by atoms with Gasteiger partial charge in [-0.05, 0) is 44.8 Å². The number of ether oxygens (including phenoxy) is 2. The van der Waals surface area contributed by atoms with Crippen molar-refractivity contribution in [2.75, 3.05) is 46.4 Å². The molecule has 9 heteroatoms. The van der Waals surface area contributed by atoms with E-state index in [1.807, 2.05) is 0 Å². The SMILES string of the molecule is CCOC(=O)c1c(CN2CCN(CC#N)CC2)oc2cc(Br)c(OC)c(Br)c12. The monoisotopic (exact) mass is 513 g/mol. The molecule has 0 spiro atoms. The molecule has 0 aliphatic carbocycles. The Morgan fingerprint density at radius 2 is 1.96 bits per heavy atom. The molecule has 150 valence electrons. The zero-order chi connectivity index (χ0) is 20.3. The number of fused-ring (bicyclic) bond motifs is 1. The molecule has 2 aromatic rings. The highest BCUT2D eigenvalue weighted by molar-refractivity contribution is 9.11. The molecular weight excluding hydrogens is 494 g/mol. The summed E-state index contributed by atoms with van der Waals surface area (Å²) in [5, 5.41) is 9.50. The van der Waals surface area contributed by atoms with Gasteiger partial charge < -0.3 is 13.9 Å². The highest BCUT2D eigenvalue weighted by Crippen LogP contribution is 2.43. The number of benzene rings is 1. The van der Waals surface area contributed by atoms with Gasteiger partial charge in [0, 0.05) is 26.2 Å². The van der Waals surface area contributed by atoms with Crippen LogP contribution in [0.25, 0.3) is 11.0 Å². The van der Waals surface area contributed by atoms with Crippen LogP contribution in [0.2, 0.25) is 0 Å². The number of esters is 1. The van der Waals surface area contributed by atoms with Gasteiger partial charge in [-0.25, -0.2) is 4.79 Å². The maximum atomic E-state index is 12.7. The minimum absolute atomic E-state index is 0.281. The third-order valence-corrected chi connectivity index (χ3v) is 6.06. The van der Waals surface area contributed by atoms with Crippen LogP contribution in [0.5, 0.6) is 5.75 Å². The van der Waals surface area contributed by atoms with Crippen molar-refractivity contribution < 1.29 is 18.7 Å². The molecule has 1 aromatic heterocycles. The maximum Gasteiger partial charge on any atom is 0.342 e. The second-order valence-electron chi connectivity index (χ2n) is 6.41. The summed E-state index contributed by atoms with van der Waals surface area (Å²) in [5.74, 6) is 0.753. The van der Waals surface area contributed by atoms with Crippen molar-refractivity contribution in [2.45, 2.75) is 13.5 Å². The molecule has 0 unspecified atom stereocenters. The molecule has 0 radical (unpaired) electrons. The summed E-state index contributed by atoms with van der Waals surface area (Å²) >= 11 is 7.03. The van der Waals surface area contributed by atoms with Crippen LogP contribution in [-0.4, -0.2) is 62.2 Å². The number of carbonyl (C=O) groups excluding carboxylic acids is 1. The summed E-state index contributed by atoms with van der Waals surface area (Å²) in [7, 11) is 1.57. The number of nitrogens with zero attached hydrogens (tertiary/aromatic N) is 3. The highest BCUT2D eigenvalue weighted by atomic mass is 79.9. The van der Waals surface area contributed by atoms with E-state index < -0.39 is 5.97 Å². The average molecular weight is 515 g/mol. The van der Waals surface area contributed by atoms with Gasteiger partial charge in [0.25, 0.3) is 0 Å². The van der Waals surface area contributed by atoms with Gasteiger partial charge in [-0.2, -0.15) is 5.26 Å². The third-order valence-electron chi connectivity index (χ3n) is 4.71. The predicted octanol–water partition coefficient (Wildman–Crippen LogP) is 3.78. The lowest BCUT2D eigenvalue weighted by Gasteiger charge is -2.32. The van der Waals surface area contributed by atoms with Crippen LogP contribution < -0.4 is 4.74 Å². The molecule has 2 heterocycles. The normalized spacial score (nSPS) is 15.5. The first-order chi connectivity index (χ1) is 13.5. The van der Waals surface area contributed by atoms with Crippen molar-refractivity contribution in [3.8, 4) is 11.8 Å². The molecular formula is C19H21Br2N3O4. The molecule has 7 nitrogen and oxygen atoms in total. The molecule has 3 rings (SSSR count). The molecule has 1 aliphatic heterocycles. The summed E-state index contributed by atoms with van der Waals surface area (Å²) in [6, 6.07) is 3.99. The fourth-order valence-electron chi connectivity index (χ4n) is 3.34. The Hall–Kier alpha value is -1.60. The van der Waals surface area contributed by atoms with Crippen LogP contribution in [-0.2, 0) is 11.3 Å². The summed E-state index contributed by atoms with van der Waals surface area (Å²) in [4.78, 5) is 17.1. The van der Waals surface area contributed by atoms with E-state index in [1.165, 1.54) is 0 Å². The Kier molecular flexibility index (Phi) is 6.99. The lowest BCUT2D eigenvalue weighted by atomic mass is 10.1. The first kappa shape index (κ1) is 21.1. The van der Waals surface area contributed by atoms with E-state index in [0.29, 0.717) is 45.6 Å². The Bertz CT molecular complexity index is 914. The predicted molar refractivity (Wildman–Crippen MR) is 111 cm³/mol. The highest BCUT2D eigenvalue weighted by Gasteiger charge is 2.28. The second-order valence-corrected chi connectivity index (χ2v) is 8.06. The van der Waals surface area contributed by atoms with Crippen LogP contribution in [0.3, 0.4) is 0 Å². The number of hydrogen-bond acceptors (Lipinski definition) is 7. The van der Waals surface area contributed by atoms with Crippen molar-refractivity contribution in [3.63, 3.8) is 0 Å². The minimum Gasteiger partial charge on any atom is -0.494 e. The van der Waals surface area contributed by atoms with E-state index in [9.17, 15) is 4.79 Å². The fraction of sp³-hybridized carbons (Fsp3) is 0.474. The average Bonchev–Trinajstić information content (AvgIpc) is 3.02. The van der Waals surface area contributed by atoms with Crippen molar-refractivity contribution in [3.05, 3.63) is 26.3 Å². The van der Waals surface area contributed by atoms with Crippen LogP contribution in [0.15, 0.2) is 19.4 Å². The topological polar surface area (TPSA) is 78.9 Å². The molecule has 1 fully saturated rings. The van der Waals surface area contributed by atoms with Gasteiger partial charge in [0.2, 0.25) is 0 Å². The van der Waals surface area contributed by atoms with E-state index in [0.717, 1.165) is 30.7 Å². The number of nitriles is 1. The van der Waals surface area contributed by atoms with Gasteiger partial charge in [0.05, 0.1) is 47.2 Å². The van der Waals surface area contributed by atoms with Gasteiger partial charge in [0.15, 0.2) is 0 Å². The number of piperazine rings is 1. The number of carbonyl (C=O) groups is 1. The van der Waals surface area contributed by atoms with E-state index in [4.69, 9.17) is 19.2 Å². The number of halogens is 2. The van der Waals surface area contributed by atoms with E-state index in [1.54, 1.807) is 20.1 Å². The summed E-state index contributed by atoms with van der Waals surface area (Å²) in [6.07, 6.45) is 0. The number of methoxy groups -OCH3 is 1. The van der Waals surface area contributed by atoms with E-state index in [2.05, 4.69) is 47.7 Å². The Morgan fingerprint density at radius 3 is 2.57 bits per heavy atom. The smallest absolute Gasteiger partial charge is 0.342 e. The van der Waals surface area contributed by atoms with Crippen LogP contribution in [0.4, 0.5) is 0 Å². The number of hydrogen-bond donors (Lipinski definition) is 0. The van der Waals surface area contributed by atoms with Gasteiger partial charge in [-0.15, -0.1) is 0 Å². The molecule has 1 aliphatic rings. The quantitative estimate of drug-likeness (QED) is 0.428. The summed E-state index contributed by atoms with van der Waals surface area (Å²) in [5.41, 5.74) is 1.01. The van der Waals surface area contributed by atoms with Crippen molar-refractivity contribution in [1.29, 1.82) is 5.26 Å². The lowest BCUT2D eigenvalue weighted by Crippen LogP contribution is -2.45. The van der Waals surface area contributed by atoms with Crippen molar-refractivity contribution in [1.82, 2.24) is 9.80 Å². The van der Waals surface area contributed by atoms with Gasteiger partial charge in [-0.3, -0.25) is 9.80 Å². The fourth-order valence-corrected chi connectivity index (χ4v) is 4.95. The molecule has 0 saturated carbocycles. The van der Waals surface area contributed by atoms with Gasteiger partial charge in [0.1, 0.15) is 22.7 Å².